The zero-order valence-corrected chi connectivity index (χ0v) is 15.7. The lowest BCUT2D eigenvalue weighted by Crippen LogP contribution is -2.18. The van der Waals surface area contributed by atoms with Gasteiger partial charge < -0.3 is 20.5 Å². The number of nitrogens with zero attached hydrogens (tertiary/aromatic N) is 1. The van der Waals surface area contributed by atoms with Gasteiger partial charge in [0.2, 0.25) is 0 Å². The maximum absolute atomic E-state index is 12.4. The third-order valence-electron chi connectivity index (χ3n) is 3.78. The second kappa shape index (κ2) is 7.92. The molecule has 1 aromatic carbocycles. The van der Waals surface area contributed by atoms with Gasteiger partial charge in [0.25, 0.3) is 0 Å². The third-order valence-corrected chi connectivity index (χ3v) is 3.88. The van der Waals surface area contributed by atoms with Crippen molar-refractivity contribution in [3.63, 3.8) is 0 Å². The fraction of sp³-hybridized carbons (Fsp3) is 0.222. The molecule has 2 aromatic rings. The van der Waals surface area contributed by atoms with Crippen LogP contribution in [-0.4, -0.2) is 36.3 Å². The molecule has 7 nitrogen and oxygen atoms in total. The average molecular weight is 373 g/mol. The Morgan fingerprint density at radius 1 is 1.00 bits per heavy atom. The van der Waals surface area contributed by atoms with Crippen LogP contribution in [0.3, 0.4) is 0 Å². The minimum Gasteiger partial charge on any atom is -0.465 e. The molecule has 0 atom stereocenters. The number of aromatic nitrogens is 1. The highest BCUT2D eigenvalue weighted by molar-refractivity contribution is 7.80. The number of hydrogen-bond donors (Lipinski definition) is 2. The summed E-state index contributed by atoms with van der Waals surface area (Å²) in [4.78, 5) is 29.0. The van der Waals surface area contributed by atoms with Crippen molar-refractivity contribution in [2.24, 2.45) is 5.73 Å². The van der Waals surface area contributed by atoms with Gasteiger partial charge in [-0.25, -0.2) is 9.59 Å². The summed E-state index contributed by atoms with van der Waals surface area (Å²) in [5.74, 6) is -1.17. The zero-order valence-electron chi connectivity index (χ0n) is 14.9. The van der Waals surface area contributed by atoms with Crippen LogP contribution in [0.1, 0.15) is 32.1 Å². The number of thiocarbonyl (C=S) groups is 1. The highest BCUT2D eigenvalue weighted by Crippen LogP contribution is 2.33. The van der Waals surface area contributed by atoms with Gasteiger partial charge in [-0.3, -0.25) is 4.98 Å². The maximum Gasteiger partial charge on any atom is 0.340 e. The number of rotatable bonds is 4. The first-order valence-electron chi connectivity index (χ1n) is 7.64. The molecule has 0 aliphatic carbocycles. The van der Waals surface area contributed by atoms with E-state index in [1.807, 2.05) is 0 Å². The molecule has 0 fully saturated rings. The first-order valence-corrected chi connectivity index (χ1v) is 8.05. The monoisotopic (exact) mass is 373 g/mol. The van der Waals surface area contributed by atoms with Gasteiger partial charge in [0.05, 0.1) is 36.7 Å². The Morgan fingerprint density at radius 2 is 1.46 bits per heavy atom. The molecule has 0 amide bonds. The highest BCUT2D eigenvalue weighted by Gasteiger charge is 2.27. The van der Waals surface area contributed by atoms with Crippen molar-refractivity contribution in [1.82, 2.24) is 4.98 Å². The van der Waals surface area contributed by atoms with Crippen LogP contribution in [0.25, 0.3) is 11.1 Å². The summed E-state index contributed by atoms with van der Waals surface area (Å²) in [5.41, 5.74) is 8.55. The summed E-state index contributed by atoms with van der Waals surface area (Å²) >= 11 is 4.82. The smallest absolute Gasteiger partial charge is 0.340 e. The number of aryl methyl sites for hydroxylation is 2. The van der Waals surface area contributed by atoms with Crippen LogP contribution in [0.5, 0.6) is 0 Å². The molecule has 136 valence electrons. The second-order valence-corrected chi connectivity index (χ2v) is 5.90. The van der Waals surface area contributed by atoms with Gasteiger partial charge in [-0.05, 0) is 43.8 Å². The number of carbonyl (C=O) groups excluding carboxylic acids is 2. The van der Waals surface area contributed by atoms with E-state index in [4.69, 9.17) is 27.4 Å². The Balaban J connectivity index is 2.76. The van der Waals surface area contributed by atoms with E-state index in [0.717, 1.165) is 0 Å². The number of pyridine rings is 1. The first-order chi connectivity index (χ1) is 12.3. The predicted octanol–water partition coefficient (Wildman–Crippen LogP) is 2.59. The van der Waals surface area contributed by atoms with E-state index >= 15 is 0 Å². The molecule has 0 spiro atoms. The quantitative estimate of drug-likeness (QED) is 0.623. The lowest BCUT2D eigenvalue weighted by atomic mass is 9.92. The highest BCUT2D eigenvalue weighted by atomic mass is 32.1. The largest absolute Gasteiger partial charge is 0.465 e. The van der Waals surface area contributed by atoms with E-state index < -0.39 is 11.9 Å². The molecular formula is C18H19N3O4S. The molecular weight excluding hydrogens is 354 g/mol. The molecule has 3 N–H and O–H groups in total. The summed E-state index contributed by atoms with van der Waals surface area (Å²) < 4.78 is 9.77. The summed E-state index contributed by atoms with van der Waals surface area (Å²) in [6.07, 6.45) is 0. The molecule has 0 radical (unpaired) electrons. The van der Waals surface area contributed by atoms with Gasteiger partial charge >= 0.3 is 11.9 Å². The van der Waals surface area contributed by atoms with Crippen LogP contribution in [-0.2, 0) is 9.47 Å². The number of esters is 2. The molecule has 0 aliphatic heterocycles. The van der Waals surface area contributed by atoms with Crippen molar-refractivity contribution in [2.45, 2.75) is 13.8 Å². The summed E-state index contributed by atoms with van der Waals surface area (Å²) in [6.45, 7) is 3.37. The van der Waals surface area contributed by atoms with Gasteiger partial charge in [-0.15, -0.1) is 0 Å². The minimum atomic E-state index is -0.583. The standard InChI is InChI=1S/C18H19N3O4S/c1-9-13(16(22)24-3)15(14(10(2)20-9)17(23)25-4)11-5-7-12(8-6-11)21-18(19)26/h5-8H,1-4H3,(H3,19,21,26). The van der Waals surface area contributed by atoms with E-state index in [1.54, 1.807) is 38.1 Å². The number of carbonyl (C=O) groups is 2. The summed E-state index contributed by atoms with van der Waals surface area (Å²) in [7, 11) is 2.55. The third kappa shape index (κ3) is 3.80. The number of ether oxygens (including phenoxy) is 2. The van der Waals surface area contributed by atoms with Crippen LogP contribution in [0, 0.1) is 13.8 Å². The molecule has 0 unspecified atom stereocenters. The van der Waals surface area contributed by atoms with Crippen molar-refractivity contribution in [3.8, 4) is 11.1 Å². The second-order valence-electron chi connectivity index (χ2n) is 5.46. The topological polar surface area (TPSA) is 104 Å². The lowest BCUT2D eigenvalue weighted by Gasteiger charge is -2.17. The van der Waals surface area contributed by atoms with Crippen molar-refractivity contribution < 1.29 is 19.1 Å². The van der Waals surface area contributed by atoms with Crippen molar-refractivity contribution in [1.29, 1.82) is 0 Å². The van der Waals surface area contributed by atoms with Crippen LogP contribution in [0.2, 0.25) is 0 Å². The molecule has 2 rings (SSSR count). The van der Waals surface area contributed by atoms with Gasteiger partial charge in [0.15, 0.2) is 5.11 Å². The number of methoxy groups -OCH3 is 2. The first kappa shape index (κ1) is 19.3. The number of nitrogens with two attached hydrogens (primary N) is 1. The maximum atomic E-state index is 12.4. The fourth-order valence-corrected chi connectivity index (χ4v) is 2.82. The van der Waals surface area contributed by atoms with E-state index in [0.29, 0.717) is 28.2 Å². The normalized spacial score (nSPS) is 10.2. The van der Waals surface area contributed by atoms with Crippen molar-refractivity contribution in [3.05, 3.63) is 46.8 Å². The minimum absolute atomic E-state index is 0.138. The molecule has 0 bridgehead atoms. The van der Waals surface area contributed by atoms with Crippen molar-refractivity contribution >= 4 is 35.0 Å². The van der Waals surface area contributed by atoms with Gasteiger partial charge in [0, 0.05) is 11.3 Å². The van der Waals surface area contributed by atoms with Crippen molar-refractivity contribution in [2.75, 3.05) is 19.5 Å². The summed E-state index contributed by atoms with van der Waals surface area (Å²) in [5, 5.41) is 2.95. The van der Waals surface area contributed by atoms with Crippen LogP contribution in [0.15, 0.2) is 24.3 Å². The number of benzene rings is 1. The summed E-state index contributed by atoms with van der Waals surface area (Å²) in [6, 6.07) is 6.96. The predicted molar refractivity (Wildman–Crippen MR) is 102 cm³/mol. The molecule has 8 heteroatoms. The average Bonchev–Trinajstić information content (AvgIpc) is 2.60. The molecule has 0 aliphatic rings. The molecule has 0 saturated carbocycles. The molecule has 0 saturated heterocycles. The van der Waals surface area contributed by atoms with E-state index in [-0.39, 0.29) is 16.2 Å². The lowest BCUT2D eigenvalue weighted by molar-refractivity contribution is 0.0599. The van der Waals surface area contributed by atoms with Crippen LogP contribution < -0.4 is 11.1 Å². The Bertz CT molecular complexity index is 839. The van der Waals surface area contributed by atoms with Gasteiger partial charge in [0.1, 0.15) is 0 Å². The Kier molecular flexibility index (Phi) is 5.89. The van der Waals surface area contributed by atoms with Gasteiger partial charge in [-0.2, -0.15) is 0 Å². The molecule has 1 heterocycles. The van der Waals surface area contributed by atoms with E-state index in [1.165, 1.54) is 14.2 Å². The van der Waals surface area contributed by atoms with Crippen LogP contribution in [0.4, 0.5) is 5.69 Å². The van der Waals surface area contributed by atoms with E-state index in [2.05, 4.69) is 10.3 Å². The Morgan fingerprint density at radius 3 is 1.85 bits per heavy atom. The number of nitrogens with one attached hydrogen (secondary N) is 1. The Labute approximate surface area is 156 Å². The molecule has 26 heavy (non-hydrogen) atoms. The fourth-order valence-electron chi connectivity index (χ4n) is 2.70. The SMILES string of the molecule is COC(=O)c1c(C)nc(C)c(C(=O)OC)c1-c1ccc(NC(N)=S)cc1. The van der Waals surface area contributed by atoms with Crippen LogP contribution >= 0.6 is 12.2 Å². The zero-order chi connectivity index (χ0) is 19.4. The number of hydrogen-bond acceptors (Lipinski definition) is 6. The van der Waals surface area contributed by atoms with Gasteiger partial charge in [-0.1, -0.05) is 12.1 Å². The number of anilines is 1. The molecule has 1 aromatic heterocycles. The Hall–Kier alpha value is -3.00. The van der Waals surface area contributed by atoms with E-state index in [9.17, 15) is 9.59 Å².